The van der Waals surface area contributed by atoms with Gasteiger partial charge in [-0.15, -0.1) is 16.6 Å². The molecule has 1 aromatic carbocycles. The topological polar surface area (TPSA) is 70.1 Å². The number of benzene rings is 1. The van der Waals surface area contributed by atoms with Gasteiger partial charge >= 0.3 is 0 Å². The van der Waals surface area contributed by atoms with Crippen molar-refractivity contribution < 1.29 is 9.36 Å². The Hall–Kier alpha value is -3.59. The predicted octanol–water partition coefficient (Wildman–Crippen LogP) is 3.04. The summed E-state index contributed by atoms with van der Waals surface area (Å²) in [6, 6.07) is 9.85. The number of carbonyl (C=O) groups is 1. The molecule has 26 heavy (non-hydrogen) atoms. The number of allylic oxidation sites excluding steroid dienone is 3. The van der Waals surface area contributed by atoms with E-state index in [2.05, 4.69) is 31.2 Å². The summed E-state index contributed by atoms with van der Waals surface area (Å²) in [6.07, 6.45) is 9.43. The molecule has 6 heteroatoms. The fraction of sp³-hybridized carbons (Fsp3) is 0.150. The number of aromatic nitrogens is 1. The van der Waals surface area contributed by atoms with Crippen molar-refractivity contribution in [2.45, 2.75) is 19.9 Å². The summed E-state index contributed by atoms with van der Waals surface area (Å²) in [7, 11) is 0. The first-order valence-electron chi connectivity index (χ1n) is 8.22. The molecule has 2 aliphatic rings. The molecule has 2 heterocycles. The van der Waals surface area contributed by atoms with Gasteiger partial charge in [0.05, 0.1) is 5.71 Å². The first-order valence-corrected chi connectivity index (χ1v) is 8.22. The standard InChI is InChI=1S/C20H15N5O/c1-3-10-25-13(2)4-5-14-11-16(7-9-19(14)25)21-20(26)15-6-8-17-18(12-15)23-24-22-17/h1,4-9,11H,10,12H2,2H3/p+1. The van der Waals surface area contributed by atoms with Crippen LogP contribution in [0.15, 0.2) is 69.2 Å². The Kier molecular flexibility index (Phi) is 3.90. The van der Waals surface area contributed by atoms with Crippen LogP contribution < -0.4 is 9.88 Å². The first kappa shape index (κ1) is 15.9. The summed E-state index contributed by atoms with van der Waals surface area (Å²) in [4.78, 5) is 12.6. The maximum absolute atomic E-state index is 12.6. The maximum atomic E-state index is 12.6. The quantitative estimate of drug-likeness (QED) is 0.676. The van der Waals surface area contributed by atoms with Gasteiger partial charge in [0.1, 0.15) is 5.70 Å². The van der Waals surface area contributed by atoms with Gasteiger partial charge in [-0.1, -0.05) is 6.08 Å². The van der Waals surface area contributed by atoms with E-state index in [1.165, 1.54) is 0 Å². The molecule has 0 saturated heterocycles. The minimum Gasteiger partial charge on any atom is -0.322 e. The van der Waals surface area contributed by atoms with Crippen LogP contribution >= 0.6 is 0 Å². The third kappa shape index (κ3) is 2.80. The summed E-state index contributed by atoms with van der Waals surface area (Å²) in [6.45, 7) is 2.53. The number of nitrogens with zero attached hydrogens (tertiary/aromatic N) is 4. The Morgan fingerprint density at radius 3 is 3.04 bits per heavy atom. The minimum absolute atomic E-state index is 0.155. The average Bonchev–Trinajstić information content (AvgIpc) is 3.12. The highest BCUT2D eigenvalue weighted by Crippen LogP contribution is 2.23. The van der Waals surface area contributed by atoms with Crippen molar-refractivity contribution in [2.75, 3.05) is 5.32 Å². The molecule has 1 amide bonds. The van der Waals surface area contributed by atoms with Gasteiger partial charge in [-0.2, -0.15) is 4.57 Å². The number of amides is 1. The molecule has 126 valence electrons. The number of aryl methyl sites for hydroxylation is 1. The first-order chi connectivity index (χ1) is 12.7. The number of fused-ring (bicyclic) bond motifs is 2. The van der Waals surface area contributed by atoms with Gasteiger partial charge in [0, 0.05) is 42.1 Å². The molecule has 0 fully saturated rings. The van der Waals surface area contributed by atoms with Crippen LogP contribution in [-0.2, 0) is 11.3 Å². The number of rotatable bonds is 3. The van der Waals surface area contributed by atoms with Gasteiger partial charge in [-0.3, -0.25) is 4.79 Å². The van der Waals surface area contributed by atoms with Crippen molar-refractivity contribution in [3.8, 4) is 12.3 Å². The Labute approximate surface area is 150 Å². The van der Waals surface area contributed by atoms with E-state index in [9.17, 15) is 4.79 Å². The van der Waals surface area contributed by atoms with Crippen LogP contribution in [0.2, 0.25) is 0 Å². The zero-order valence-electron chi connectivity index (χ0n) is 14.2. The summed E-state index contributed by atoms with van der Waals surface area (Å²) in [5.41, 5.74) is 4.94. The number of pyridine rings is 1. The van der Waals surface area contributed by atoms with Crippen LogP contribution in [0.5, 0.6) is 0 Å². The molecule has 4 rings (SSSR count). The molecule has 6 nitrogen and oxygen atoms in total. The minimum atomic E-state index is -0.155. The Morgan fingerprint density at radius 1 is 1.31 bits per heavy atom. The zero-order chi connectivity index (χ0) is 18.1. The number of carbonyl (C=O) groups excluding carboxylic acids is 1. The molecule has 1 aliphatic carbocycles. The number of hydrogen-bond acceptors (Lipinski definition) is 4. The Bertz CT molecular complexity index is 1100. The van der Waals surface area contributed by atoms with Gasteiger partial charge in [0.2, 0.25) is 12.1 Å². The molecule has 0 bridgehead atoms. The molecule has 0 saturated carbocycles. The second kappa shape index (κ2) is 6.37. The third-order valence-electron chi connectivity index (χ3n) is 4.46. The van der Waals surface area contributed by atoms with Gasteiger partial charge in [-0.05, 0) is 35.4 Å². The molecular weight excluding hydrogens is 326 g/mol. The highest BCUT2D eigenvalue weighted by molar-refractivity contribution is 6.13. The molecule has 1 N–H and O–H groups in total. The van der Waals surface area contributed by atoms with Gasteiger partial charge in [0.25, 0.3) is 5.91 Å². The van der Waals surface area contributed by atoms with Crippen LogP contribution in [0.4, 0.5) is 5.69 Å². The second-order valence-electron chi connectivity index (χ2n) is 6.15. The van der Waals surface area contributed by atoms with Crippen molar-refractivity contribution in [1.82, 2.24) is 0 Å². The number of anilines is 1. The molecule has 2 aromatic rings. The van der Waals surface area contributed by atoms with Gasteiger partial charge < -0.3 is 5.32 Å². The van der Waals surface area contributed by atoms with Crippen LogP contribution in [0.3, 0.4) is 0 Å². The van der Waals surface area contributed by atoms with Crippen LogP contribution in [0, 0.1) is 19.3 Å². The normalized spacial score (nSPS) is 15.0. The molecule has 0 atom stereocenters. The highest BCUT2D eigenvalue weighted by Gasteiger charge is 2.22. The van der Waals surface area contributed by atoms with Crippen molar-refractivity contribution in [3.63, 3.8) is 0 Å². The molecule has 0 radical (unpaired) electrons. The Balaban J connectivity index is 1.59. The smallest absolute Gasteiger partial charge is 0.251 e. The lowest BCUT2D eigenvalue weighted by atomic mass is 10.0. The van der Waals surface area contributed by atoms with E-state index >= 15 is 0 Å². The van der Waals surface area contributed by atoms with Crippen molar-refractivity contribution in [2.24, 2.45) is 15.4 Å². The van der Waals surface area contributed by atoms with E-state index in [0.29, 0.717) is 18.5 Å². The predicted molar refractivity (Wildman–Crippen MR) is 99.4 cm³/mol. The van der Waals surface area contributed by atoms with E-state index in [1.54, 1.807) is 12.2 Å². The molecule has 1 aromatic heterocycles. The van der Waals surface area contributed by atoms with Gasteiger partial charge in [0.15, 0.2) is 5.69 Å². The van der Waals surface area contributed by atoms with E-state index in [0.717, 1.165) is 33.7 Å². The number of hydrogen-bond donors (Lipinski definition) is 1. The van der Waals surface area contributed by atoms with Crippen molar-refractivity contribution in [3.05, 3.63) is 59.4 Å². The number of terminal acetylenes is 1. The third-order valence-corrected chi connectivity index (χ3v) is 4.46. The van der Waals surface area contributed by atoms with Crippen LogP contribution in [-0.4, -0.2) is 11.6 Å². The van der Waals surface area contributed by atoms with Crippen LogP contribution in [0.25, 0.3) is 10.9 Å². The maximum Gasteiger partial charge on any atom is 0.251 e. The number of nitrogens with one attached hydrogen (secondary N) is 1. The molecular formula is C20H16N5O+. The second-order valence-corrected chi connectivity index (χ2v) is 6.15. The Morgan fingerprint density at radius 2 is 2.19 bits per heavy atom. The summed E-state index contributed by atoms with van der Waals surface area (Å²) in [5, 5.41) is 15.4. The molecule has 1 aliphatic heterocycles. The zero-order valence-corrected chi connectivity index (χ0v) is 14.2. The van der Waals surface area contributed by atoms with Crippen molar-refractivity contribution in [1.29, 1.82) is 0 Å². The molecule has 0 spiro atoms. The highest BCUT2D eigenvalue weighted by atomic mass is 16.1. The van der Waals surface area contributed by atoms with E-state index in [-0.39, 0.29) is 5.91 Å². The van der Waals surface area contributed by atoms with E-state index in [4.69, 9.17) is 6.42 Å². The fourth-order valence-electron chi connectivity index (χ4n) is 3.08. The largest absolute Gasteiger partial charge is 0.322 e. The van der Waals surface area contributed by atoms with Gasteiger partial charge in [-0.25, -0.2) is 0 Å². The summed E-state index contributed by atoms with van der Waals surface area (Å²) < 4.78 is 2.07. The lowest BCUT2D eigenvalue weighted by Crippen LogP contribution is -2.37. The van der Waals surface area contributed by atoms with Crippen molar-refractivity contribution >= 4 is 28.2 Å². The van der Waals surface area contributed by atoms with Crippen LogP contribution in [0.1, 0.15) is 12.1 Å². The lowest BCUT2D eigenvalue weighted by molar-refractivity contribution is -0.664. The molecule has 0 unspecified atom stereocenters. The summed E-state index contributed by atoms with van der Waals surface area (Å²) in [5.74, 6) is 2.52. The monoisotopic (exact) mass is 342 g/mol. The lowest BCUT2D eigenvalue weighted by Gasteiger charge is -2.12. The van der Waals surface area contributed by atoms with E-state index < -0.39 is 0 Å². The summed E-state index contributed by atoms with van der Waals surface area (Å²) >= 11 is 0. The average molecular weight is 342 g/mol. The SMILES string of the molecule is C#CC[n+]1c(C)ccc2cc(NC(=O)C3=CC=C4N=NN=C4C3)ccc21. The fourth-order valence-corrected chi connectivity index (χ4v) is 3.08. The van der Waals surface area contributed by atoms with E-state index in [1.807, 2.05) is 37.3 Å².